The van der Waals surface area contributed by atoms with E-state index in [2.05, 4.69) is 5.32 Å². The Balaban J connectivity index is 1.46. The van der Waals surface area contributed by atoms with Gasteiger partial charge in [-0.15, -0.1) is 0 Å². The van der Waals surface area contributed by atoms with Crippen molar-refractivity contribution in [1.82, 2.24) is 0 Å². The number of amides is 3. The van der Waals surface area contributed by atoms with Crippen LogP contribution >= 0.6 is 11.6 Å². The Hall–Kier alpha value is -4.15. The maximum Gasteiger partial charge on any atom is 0.266 e. The van der Waals surface area contributed by atoms with E-state index in [1.165, 1.54) is 18.2 Å². The van der Waals surface area contributed by atoms with E-state index in [4.69, 9.17) is 21.6 Å². The van der Waals surface area contributed by atoms with Gasteiger partial charge in [-0.2, -0.15) is 5.26 Å². The lowest BCUT2D eigenvalue weighted by molar-refractivity contribution is -0.118. The number of hydrogen-bond donors (Lipinski definition) is 1. The van der Waals surface area contributed by atoms with Crippen LogP contribution in [0.3, 0.4) is 0 Å². The molecule has 1 N–H and O–H groups in total. The number of para-hydroxylation sites is 1. The van der Waals surface area contributed by atoms with E-state index in [-0.39, 0.29) is 17.3 Å². The number of fused-ring (bicyclic) bond motifs is 1. The molecule has 1 heterocycles. The largest absolute Gasteiger partial charge is 0.482 e. The fourth-order valence-electron chi connectivity index (χ4n) is 3.20. The third kappa shape index (κ3) is 3.84. The van der Waals surface area contributed by atoms with Gasteiger partial charge in [0.2, 0.25) is 0 Å². The molecule has 31 heavy (non-hydrogen) atoms. The lowest BCUT2D eigenvalue weighted by atomic mass is 10.1. The number of ether oxygens (including phenoxy) is 1. The Morgan fingerprint density at radius 3 is 2.29 bits per heavy atom. The minimum Gasteiger partial charge on any atom is -0.482 e. The average Bonchev–Trinajstić information content (AvgIpc) is 3.03. The number of benzene rings is 3. The van der Waals surface area contributed by atoms with E-state index in [9.17, 15) is 14.4 Å². The molecule has 8 heteroatoms. The molecule has 1 aliphatic heterocycles. The van der Waals surface area contributed by atoms with Crippen LogP contribution in [0.25, 0.3) is 0 Å². The number of halogens is 1. The van der Waals surface area contributed by atoms with E-state index in [0.29, 0.717) is 28.1 Å². The van der Waals surface area contributed by atoms with Crippen LogP contribution in [0.15, 0.2) is 66.7 Å². The highest BCUT2D eigenvalue weighted by Crippen LogP contribution is 2.34. The number of imide groups is 1. The van der Waals surface area contributed by atoms with Gasteiger partial charge in [-0.25, -0.2) is 4.90 Å². The summed E-state index contributed by atoms with van der Waals surface area (Å²) in [6, 6.07) is 19.6. The van der Waals surface area contributed by atoms with E-state index in [1.54, 1.807) is 48.5 Å². The molecule has 0 atom stereocenters. The van der Waals surface area contributed by atoms with Crippen molar-refractivity contribution in [2.45, 2.75) is 0 Å². The molecule has 3 aromatic carbocycles. The van der Waals surface area contributed by atoms with Crippen LogP contribution in [0, 0.1) is 11.3 Å². The van der Waals surface area contributed by atoms with Crippen molar-refractivity contribution >= 4 is 40.7 Å². The molecule has 7 nitrogen and oxygen atoms in total. The summed E-state index contributed by atoms with van der Waals surface area (Å²) in [4.78, 5) is 38.5. The Labute approximate surface area is 182 Å². The molecule has 0 bridgehead atoms. The fourth-order valence-corrected chi connectivity index (χ4v) is 3.46. The normalized spacial score (nSPS) is 12.3. The monoisotopic (exact) mass is 431 g/mol. The highest BCUT2D eigenvalue weighted by Gasteiger charge is 2.37. The van der Waals surface area contributed by atoms with Gasteiger partial charge in [0.05, 0.1) is 27.4 Å². The Morgan fingerprint density at radius 2 is 1.65 bits per heavy atom. The predicted molar refractivity (Wildman–Crippen MR) is 114 cm³/mol. The minimum absolute atomic E-state index is 0.128. The third-order valence-corrected chi connectivity index (χ3v) is 4.94. The second-order valence-electron chi connectivity index (χ2n) is 6.60. The van der Waals surface area contributed by atoms with E-state index in [0.717, 1.165) is 4.90 Å². The summed E-state index contributed by atoms with van der Waals surface area (Å²) in [7, 11) is 0. The van der Waals surface area contributed by atoms with Gasteiger partial charge in [0, 0.05) is 5.69 Å². The fraction of sp³-hybridized carbons (Fsp3) is 0.0435. The molecule has 3 aromatic rings. The zero-order valence-electron chi connectivity index (χ0n) is 16.0. The summed E-state index contributed by atoms with van der Waals surface area (Å²) >= 11 is 6.31. The van der Waals surface area contributed by atoms with Gasteiger partial charge in [0.15, 0.2) is 6.61 Å². The molecule has 0 saturated heterocycles. The maximum absolute atomic E-state index is 12.6. The number of rotatable bonds is 5. The number of carbonyl (C=O) groups excluding carboxylic acids is 3. The Morgan fingerprint density at radius 1 is 1.00 bits per heavy atom. The van der Waals surface area contributed by atoms with E-state index >= 15 is 0 Å². The third-order valence-electron chi connectivity index (χ3n) is 4.63. The standard InChI is InChI=1S/C23H14ClN3O4/c24-18-11-15(26-21(28)13-31-20-8-4-1-5-14(20)12-25)9-10-19(18)27-22(29)16-6-2-3-7-17(16)23(27)30/h1-11H,13H2,(H,26,28). The van der Waals surface area contributed by atoms with Crippen molar-refractivity contribution in [3.05, 3.63) is 88.4 Å². The number of carbonyl (C=O) groups is 3. The minimum atomic E-state index is -0.461. The summed E-state index contributed by atoms with van der Waals surface area (Å²) in [5.74, 6) is -1.07. The topological polar surface area (TPSA) is 99.5 Å². The molecule has 0 radical (unpaired) electrons. The second kappa shape index (κ2) is 8.30. The van der Waals surface area contributed by atoms with E-state index < -0.39 is 17.7 Å². The van der Waals surface area contributed by atoms with Gasteiger partial charge < -0.3 is 10.1 Å². The number of nitrogens with one attached hydrogen (secondary N) is 1. The summed E-state index contributed by atoms with van der Waals surface area (Å²) in [6.45, 7) is -0.309. The van der Waals surface area contributed by atoms with Crippen LogP contribution in [0.4, 0.5) is 11.4 Å². The molecule has 1 aliphatic rings. The van der Waals surface area contributed by atoms with Crippen molar-refractivity contribution in [1.29, 1.82) is 5.26 Å². The molecule has 3 amide bonds. The van der Waals surface area contributed by atoms with Crippen LogP contribution in [0.1, 0.15) is 26.3 Å². The average molecular weight is 432 g/mol. The van der Waals surface area contributed by atoms with Crippen LogP contribution < -0.4 is 15.0 Å². The molecule has 0 saturated carbocycles. The van der Waals surface area contributed by atoms with Crippen LogP contribution in [-0.2, 0) is 4.79 Å². The SMILES string of the molecule is N#Cc1ccccc1OCC(=O)Nc1ccc(N2C(=O)c3ccccc3C2=O)c(Cl)c1. The smallest absolute Gasteiger partial charge is 0.266 e. The van der Waals surface area contributed by atoms with Crippen LogP contribution in [0.5, 0.6) is 5.75 Å². The highest BCUT2D eigenvalue weighted by atomic mass is 35.5. The van der Waals surface area contributed by atoms with Gasteiger partial charge in [-0.05, 0) is 42.5 Å². The quantitative estimate of drug-likeness (QED) is 0.615. The first kappa shape index (κ1) is 20.1. The van der Waals surface area contributed by atoms with Crippen LogP contribution in [-0.4, -0.2) is 24.3 Å². The van der Waals surface area contributed by atoms with Crippen molar-refractivity contribution in [3.63, 3.8) is 0 Å². The van der Waals surface area contributed by atoms with Crippen molar-refractivity contribution in [2.75, 3.05) is 16.8 Å². The zero-order chi connectivity index (χ0) is 22.0. The van der Waals surface area contributed by atoms with E-state index in [1.807, 2.05) is 6.07 Å². The Bertz CT molecular complexity index is 1230. The molecule has 0 fully saturated rings. The molecule has 152 valence electrons. The predicted octanol–water partition coefficient (Wildman–Crippen LogP) is 4.03. The van der Waals surface area contributed by atoms with Gasteiger partial charge in [-0.3, -0.25) is 14.4 Å². The highest BCUT2D eigenvalue weighted by molar-refractivity contribution is 6.40. The van der Waals surface area contributed by atoms with Crippen LogP contribution in [0.2, 0.25) is 5.02 Å². The number of nitriles is 1. The number of hydrogen-bond acceptors (Lipinski definition) is 5. The number of nitrogens with zero attached hydrogens (tertiary/aromatic N) is 2. The summed E-state index contributed by atoms with van der Waals surface area (Å²) in [5.41, 5.74) is 1.55. The lowest BCUT2D eigenvalue weighted by Crippen LogP contribution is -2.29. The summed E-state index contributed by atoms with van der Waals surface area (Å²) in [6.07, 6.45) is 0. The van der Waals surface area contributed by atoms with Crippen molar-refractivity contribution in [3.8, 4) is 11.8 Å². The first-order chi connectivity index (χ1) is 15.0. The molecule has 0 aromatic heterocycles. The Kier molecular flexibility index (Phi) is 5.39. The first-order valence-electron chi connectivity index (χ1n) is 9.18. The molecule has 0 spiro atoms. The van der Waals surface area contributed by atoms with Crippen molar-refractivity contribution in [2.24, 2.45) is 0 Å². The molecule has 0 aliphatic carbocycles. The first-order valence-corrected chi connectivity index (χ1v) is 9.56. The molecular formula is C23H14ClN3O4. The lowest BCUT2D eigenvalue weighted by Gasteiger charge is -2.16. The molecular weight excluding hydrogens is 418 g/mol. The van der Waals surface area contributed by atoms with Gasteiger partial charge in [-0.1, -0.05) is 35.9 Å². The second-order valence-corrected chi connectivity index (χ2v) is 7.01. The van der Waals surface area contributed by atoms with Crippen molar-refractivity contribution < 1.29 is 19.1 Å². The van der Waals surface area contributed by atoms with Gasteiger partial charge in [0.25, 0.3) is 17.7 Å². The molecule has 0 unspecified atom stereocenters. The zero-order valence-corrected chi connectivity index (χ0v) is 16.7. The van der Waals surface area contributed by atoms with Gasteiger partial charge >= 0.3 is 0 Å². The summed E-state index contributed by atoms with van der Waals surface area (Å²) in [5, 5.41) is 11.8. The maximum atomic E-state index is 12.6. The summed E-state index contributed by atoms with van der Waals surface area (Å²) < 4.78 is 5.40. The number of anilines is 2. The van der Waals surface area contributed by atoms with Gasteiger partial charge in [0.1, 0.15) is 11.8 Å². The molecule has 4 rings (SSSR count).